The molecular formula is C13H13N5O6S. The summed E-state index contributed by atoms with van der Waals surface area (Å²) in [5, 5.41) is 24.2. The normalized spacial score (nSPS) is 11.0. The third-order valence-corrected chi connectivity index (χ3v) is 4.54. The summed E-state index contributed by atoms with van der Waals surface area (Å²) in [6.07, 6.45) is 1.07. The van der Waals surface area contributed by atoms with Gasteiger partial charge in [0.1, 0.15) is 12.0 Å². The minimum atomic E-state index is -4.05. The maximum atomic E-state index is 12.2. The number of rotatable bonds is 8. The van der Waals surface area contributed by atoms with Crippen molar-refractivity contribution < 1.29 is 18.3 Å². The van der Waals surface area contributed by atoms with E-state index in [1.165, 1.54) is 24.3 Å². The summed E-state index contributed by atoms with van der Waals surface area (Å²) < 4.78 is 26.5. The second-order valence-electron chi connectivity index (χ2n) is 4.71. The molecule has 0 radical (unpaired) electrons. The number of aromatic nitrogens is 1. The monoisotopic (exact) mass is 367 g/mol. The van der Waals surface area contributed by atoms with E-state index in [-0.39, 0.29) is 18.8 Å². The van der Waals surface area contributed by atoms with E-state index in [4.69, 9.17) is 0 Å². The Kier molecular flexibility index (Phi) is 5.56. The first-order valence-corrected chi connectivity index (χ1v) is 8.37. The quantitative estimate of drug-likeness (QED) is 0.401. The van der Waals surface area contributed by atoms with E-state index in [2.05, 4.69) is 15.0 Å². The highest BCUT2D eigenvalue weighted by Gasteiger charge is 2.24. The van der Waals surface area contributed by atoms with Crippen LogP contribution in [-0.4, -0.2) is 36.3 Å². The number of nitro benzene ring substituents is 1. The van der Waals surface area contributed by atoms with Gasteiger partial charge in [-0.05, 0) is 12.1 Å². The molecule has 2 aromatic rings. The van der Waals surface area contributed by atoms with E-state index in [1.54, 1.807) is 0 Å². The number of nitrogens with zero attached hydrogens (tertiary/aromatic N) is 3. The van der Waals surface area contributed by atoms with E-state index < -0.39 is 30.5 Å². The molecule has 132 valence electrons. The van der Waals surface area contributed by atoms with E-state index in [1.807, 2.05) is 0 Å². The Bertz CT molecular complexity index is 884. The second-order valence-corrected chi connectivity index (χ2v) is 6.44. The van der Waals surface area contributed by atoms with Crippen molar-refractivity contribution in [2.24, 2.45) is 0 Å². The number of para-hydroxylation sites is 1. The van der Waals surface area contributed by atoms with Crippen LogP contribution in [0.2, 0.25) is 0 Å². The summed E-state index contributed by atoms with van der Waals surface area (Å²) in [5.74, 6) is 0.329. The third-order valence-electron chi connectivity index (χ3n) is 3.03. The Morgan fingerprint density at radius 1 is 1.00 bits per heavy atom. The predicted octanol–water partition coefficient (Wildman–Crippen LogP) is 1.29. The molecule has 0 unspecified atom stereocenters. The Balaban J connectivity index is 1.95. The largest absolute Gasteiger partial charge is 0.369 e. The molecule has 2 rings (SSSR count). The number of benzene rings is 1. The number of hydrogen-bond acceptors (Lipinski definition) is 8. The SMILES string of the molecule is O=[N+]([O-])c1ccc(NCCNS(=O)(=O)c2ccccc2[N+](=O)[O-])nc1. The fourth-order valence-electron chi connectivity index (χ4n) is 1.89. The van der Waals surface area contributed by atoms with Gasteiger partial charge in [0, 0.05) is 25.2 Å². The predicted molar refractivity (Wildman–Crippen MR) is 87.7 cm³/mol. The molecule has 0 saturated carbocycles. The van der Waals surface area contributed by atoms with Crippen LogP contribution < -0.4 is 10.0 Å². The van der Waals surface area contributed by atoms with E-state index >= 15 is 0 Å². The van der Waals surface area contributed by atoms with Crippen molar-refractivity contribution in [2.45, 2.75) is 4.90 Å². The highest BCUT2D eigenvalue weighted by atomic mass is 32.2. The van der Waals surface area contributed by atoms with Crippen LogP contribution in [0.3, 0.4) is 0 Å². The molecule has 12 heteroatoms. The smallest absolute Gasteiger partial charge is 0.289 e. The number of nitrogens with one attached hydrogen (secondary N) is 2. The molecule has 2 N–H and O–H groups in total. The average molecular weight is 367 g/mol. The van der Waals surface area contributed by atoms with Gasteiger partial charge in [0.2, 0.25) is 10.0 Å². The van der Waals surface area contributed by atoms with E-state index in [0.29, 0.717) is 5.82 Å². The summed E-state index contributed by atoms with van der Waals surface area (Å²) in [7, 11) is -4.05. The topological polar surface area (TPSA) is 157 Å². The standard InChI is InChI=1S/C13H13N5O6S/c19-17(20)10-5-6-13(15-9-10)14-7-8-16-25(23,24)12-4-2-1-3-11(12)18(21)22/h1-6,9,16H,7-8H2,(H,14,15). The van der Waals surface area contributed by atoms with Crippen molar-refractivity contribution in [3.8, 4) is 0 Å². The van der Waals surface area contributed by atoms with Crippen LogP contribution in [0.5, 0.6) is 0 Å². The Morgan fingerprint density at radius 3 is 2.32 bits per heavy atom. The van der Waals surface area contributed by atoms with Gasteiger partial charge in [-0.25, -0.2) is 18.1 Å². The second kappa shape index (κ2) is 7.63. The van der Waals surface area contributed by atoms with Gasteiger partial charge in [-0.1, -0.05) is 12.1 Å². The van der Waals surface area contributed by atoms with Crippen LogP contribution in [0.15, 0.2) is 47.5 Å². The number of nitro groups is 2. The van der Waals surface area contributed by atoms with Gasteiger partial charge in [0.05, 0.1) is 9.85 Å². The first kappa shape index (κ1) is 18.2. The van der Waals surface area contributed by atoms with Crippen molar-refractivity contribution in [2.75, 3.05) is 18.4 Å². The van der Waals surface area contributed by atoms with Crippen molar-refractivity contribution in [1.82, 2.24) is 9.71 Å². The molecule has 0 fully saturated rings. The first-order valence-electron chi connectivity index (χ1n) is 6.88. The molecule has 0 atom stereocenters. The third kappa shape index (κ3) is 4.68. The fourth-order valence-corrected chi connectivity index (χ4v) is 3.09. The van der Waals surface area contributed by atoms with Crippen LogP contribution >= 0.6 is 0 Å². The molecule has 0 aliphatic rings. The maximum absolute atomic E-state index is 12.2. The minimum Gasteiger partial charge on any atom is -0.369 e. The fraction of sp³-hybridized carbons (Fsp3) is 0.154. The molecule has 0 aliphatic carbocycles. The molecule has 1 heterocycles. The number of pyridine rings is 1. The molecule has 0 bridgehead atoms. The van der Waals surface area contributed by atoms with Gasteiger partial charge in [-0.3, -0.25) is 20.2 Å². The highest BCUT2D eigenvalue weighted by molar-refractivity contribution is 7.89. The molecular weight excluding hydrogens is 354 g/mol. The maximum Gasteiger partial charge on any atom is 0.289 e. The van der Waals surface area contributed by atoms with Crippen molar-refractivity contribution in [3.63, 3.8) is 0 Å². The molecule has 0 amide bonds. The lowest BCUT2D eigenvalue weighted by Gasteiger charge is -2.08. The Labute approximate surface area is 142 Å². The van der Waals surface area contributed by atoms with Crippen LogP contribution in [0.25, 0.3) is 0 Å². The van der Waals surface area contributed by atoms with Crippen LogP contribution in [0.1, 0.15) is 0 Å². The summed E-state index contributed by atoms with van der Waals surface area (Å²) in [4.78, 5) is 23.4. The zero-order valence-corrected chi connectivity index (χ0v) is 13.5. The van der Waals surface area contributed by atoms with Crippen molar-refractivity contribution >= 4 is 27.2 Å². The molecule has 1 aromatic carbocycles. The molecule has 0 aliphatic heterocycles. The van der Waals surface area contributed by atoms with Gasteiger partial charge < -0.3 is 5.32 Å². The van der Waals surface area contributed by atoms with E-state index in [0.717, 1.165) is 18.3 Å². The number of sulfonamides is 1. The van der Waals surface area contributed by atoms with Gasteiger partial charge in [-0.15, -0.1) is 0 Å². The number of hydrogen-bond donors (Lipinski definition) is 2. The molecule has 11 nitrogen and oxygen atoms in total. The zero-order chi connectivity index (χ0) is 18.4. The van der Waals surface area contributed by atoms with Crippen LogP contribution in [0.4, 0.5) is 17.2 Å². The lowest BCUT2D eigenvalue weighted by molar-refractivity contribution is -0.387. The summed E-state index contributed by atoms with van der Waals surface area (Å²) in [6, 6.07) is 7.65. The van der Waals surface area contributed by atoms with Crippen molar-refractivity contribution in [1.29, 1.82) is 0 Å². The molecule has 0 saturated heterocycles. The average Bonchev–Trinajstić information content (AvgIpc) is 2.59. The van der Waals surface area contributed by atoms with E-state index in [9.17, 15) is 28.6 Å². The van der Waals surface area contributed by atoms with Gasteiger partial charge in [0.25, 0.3) is 11.4 Å². The molecule has 0 spiro atoms. The van der Waals surface area contributed by atoms with Crippen LogP contribution in [0, 0.1) is 20.2 Å². The lowest BCUT2D eigenvalue weighted by Crippen LogP contribution is -2.29. The summed E-state index contributed by atoms with van der Waals surface area (Å²) >= 11 is 0. The highest BCUT2D eigenvalue weighted by Crippen LogP contribution is 2.22. The number of anilines is 1. The van der Waals surface area contributed by atoms with Gasteiger partial charge in [0.15, 0.2) is 4.90 Å². The first-order chi connectivity index (χ1) is 11.8. The van der Waals surface area contributed by atoms with Gasteiger partial charge in [-0.2, -0.15) is 0 Å². The Hall–Kier alpha value is -3.12. The zero-order valence-electron chi connectivity index (χ0n) is 12.7. The van der Waals surface area contributed by atoms with Crippen molar-refractivity contribution in [3.05, 3.63) is 62.8 Å². The minimum absolute atomic E-state index is 0.0625. The van der Waals surface area contributed by atoms with Gasteiger partial charge >= 0.3 is 0 Å². The Morgan fingerprint density at radius 2 is 1.72 bits per heavy atom. The lowest BCUT2D eigenvalue weighted by atomic mass is 10.3. The van der Waals surface area contributed by atoms with Crippen LogP contribution in [-0.2, 0) is 10.0 Å². The molecule has 25 heavy (non-hydrogen) atoms. The summed E-state index contributed by atoms with van der Waals surface area (Å²) in [5.41, 5.74) is -0.678. The molecule has 1 aromatic heterocycles. The summed E-state index contributed by atoms with van der Waals surface area (Å²) in [6.45, 7) is 0.0672.